The minimum absolute atomic E-state index is 0.254. The molecule has 4 rings (SSSR count). The topological polar surface area (TPSA) is 69.3 Å². The molecule has 4 aromatic rings. The second-order valence-corrected chi connectivity index (χ2v) is 7.70. The third-order valence-corrected chi connectivity index (χ3v) is 5.48. The molecule has 1 N–H and O–H groups in total. The fraction of sp³-hybridized carbons (Fsp3) is 0.250. The normalized spacial score (nSPS) is 11.0. The predicted octanol–water partition coefficient (Wildman–Crippen LogP) is 5.38. The van der Waals surface area contributed by atoms with Crippen molar-refractivity contribution < 1.29 is 13.9 Å². The van der Waals surface area contributed by atoms with Gasteiger partial charge in [-0.25, -0.2) is 4.98 Å². The number of hydrogen-bond acceptors (Lipinski definition) is 4. The zero-order valence-corrected chi connectivity index (χ0v) is 18.1. The number of nitrogens with one attached hydrogen (secondary N) is 1. The van der Waals surface area contributed by atoms with Gasteiger partial charge in [-0.3, -0.25) is 4.79 Å². The summed E-state index contributed by atoms with van der Waals surface area (Å²) in [6, 6.07) is 17.0. The van der Waals surface area contributed by atoms with Gasteiger partial charge in [0.05, 0.1) is 30.4 Å². The SMILES string of the molecule is Cc1cc(OCCCCn2c(CNC(=O)c3ccco3)nc3ccccc32)ccc1Cl. The smallest absolute Gasteiger partial charge is 0.287 e. The summed E-state index contributed by atoms with van der Waals surface area (Å²) in [6.45, 7) is 3.70. The van der Waals surface area contributed by atoms with Gasteiger partial charge >= 0.3 is 0 Å². The molecule has 0 atom stereocenters. The second kappa shape index (κ2) is 9.71. The molecule has 7 heteroatoms. The fourth-order valence-corrected chi connectivity index (χ4v) is 3.55. The molecule has 2 heterocycles. The quantitative estimate of drug-likeness (QED) is 0.357. The molecular formula is C24H24ClN3O3. The molecule has 0 bridgehead atoms. The number of ether oxygens (including phenoxy) is 1. The van der Waals surface area contributed by atoms with E-state index in [1.54, 1.807) is 12.1 Å². The van der Waals surface area contributed by atoms with Gasteiger partial charge in [-0.1, -0.05) is 23.7 Å². The van der Waals surface area contributed by atoms with E-state index in [4.69, 9.17) is 25.7 Å². The maximum Gasteiger partial charge on any atom is 0.287 e. The van der Waals surface area contributed by atoms with Crippen LogP contribution in [0.2, 0.25) is 5.02 Å². The van der Waals surface area contributed by atoms with Crippen molar-refractivity contribution in [2.45, 2.75) is 32.9 Å². The molecule has 0 aliphatic rings. The summed E-state index contributed by atoms with van der Waals surface area (Å²) in [5.41, 5.74) is 2.97. The van der Waals surface area contributed by atoms with Gasteiger partial charge in [-0.2, -0.15) is 0 Å². The van der Waals surface area contributed by atoms with E-state index < -0.39 is 0 Å². The highest BCUT2D eigenvalue weighted by Gasteiger charge is 2.13. The van der Waals surface area contributed by atoms with Gasteiger partial charge in [-0.05, 0) is 67.8 Å². The molecule has 0 fully saturated rings. The average Bonchev–Trinajstić information content (AvgIpc) is 3.43. The molecule has 6 nitrogen and oxygen atoms in total. The Morgan fingerprint density at radius 3 is 2.84 bits per heavy atom. The molecule has 2 aromatic carbocycles. The minimum Gasteiger partial charge on any atom is -0.494 e. The number of para-hydroxylation sites is 2. The number of aryl methyl sites for hydroxylation is 2. The van der Waals surface area contributed by atoms with Gasteiger partial charge in [0.25, 0.3) is 5.91 Å². The molecule has 0 unspecified atom stereocenters. The van der Waals surface area contributed by atoms with E-state index in [2.05, 4.69) is 9.88 Å². The lowest BCUT2D eigenvalue weighted by molar-refractivity contribution is 0.0921. The molecule has 1 amide bonds. The Hall–Kier alpha value is -3.25. The Bertz CT molecular complexity index is 1170. The first-order valence-electron chi connectivity index (χ1n) is 10.3. The second-order valence-electron chi connectivity index (χ2n) is 7.29. The van der Waals surface area contributed by atoms with Crippen LogP contribution in [0.25, 0.3) is 11.0 Å². The van der Waals surface area contributed by atoms with Gasteiger partial charge in [0, 0.05) is 11.6 Å². The van der Waals surface area contributed by atoms with E-state index in [9.17, 15) is 4.79 Å². The fourth-order valence-electron chi connectivity index (χ4n) is 3.43. The summed E-state index contributed by atoms with van der Waals surface area (Å²) >= 11 is 6.06. The Kier molecular flexibility index (Phi) is 6.57. The van der Waals surface area contributed by atoms with E-state index in [1.807, 2.05) is 49.4 Å². The maximum atomic E-state index is 12.2. The molecule has 2 aromatic heterocycles. The van der Waals surface area contributed by atoms with Crippen LogP contribution in [0.4, 0.5) is 0 Å². The number of carbonyl (C=O) groups is 1. The Balaban J connectivity index is 1.36. The van der Waals surface area contributed by atoms with Crippen molar-refractivity contribution in [1.29, 1.82) is 0 Å². The number of hydrogen-bond donors (Lipinski definition) is 1. The molecule has 0 aliphatic carbocycles. The van der Waals surface area contributed by atoms with Crippen molar-refractivity contribution in [3.63, 3.8) is 0 Å². The first-order chi connectivity index (χ1) is 15.1. The average molecular weight is 438 g/mol. The van der Waals surface area contributed by atoms with Gasteiger partial charge < -0.3 is 19.0 Å². The molecule has 0 radical (unpaired) electrons. The number of unbranched alkanes of at least 4 members (excludes halogenated alkanes) is 1. The molecule has 0 aliphatic heterocycles. The Morgan fingerprint density at radius 1 is 1.16 bits per heavy atom. The molecule has 0 spiro atoms. The van der Waals surface area contributed by atoms with E-state index in [-0.39, 0.29) is 11.7 Å². The lowest BCUT2D eigenvalue weighted by Crippen LogP contribution is -2.24. The molecule has 160 valence electrons. The van der Waals surface area contributed by atoms with E-state index in [0.717, 1.165) is 52.6 Å². The maximum absolute atomic E-state index is 12.2. The minimum atomic E-state index is -0.254. The monoisotopic (exact) mass is 437 g/mol. The van der Waals surface area contributed by atoms with Crippen LogP contribution < -0.4 is 10.1 Å². The van der Waals surface area contributed by atoms with Crippen LogP contribution in [0.5, 0.6) is 5.75 Å². The highest BCUT2D eigenvalue weighted by Crippen LogP contribution is 2.21. The Morgan fingerprint density at radius 2 is 2.03 bits per heavy atom. The highest BCUT2D eigenvalue weighted by molar-refractivity contribution is 6.31. The Labute approximate surface area is 185 Å². The number of fused-ring (bicyclic) bond motifs is 1. The predicted molar refractivity (Wildman–Crippen MR) is 121 cm³/mol. The summed E-state index contributed by atoms with van der Waals surface area (Å²) < 4.78 is 13.2. The summed E-state index contributed by atoms with van der Waals surface area (Å²) in [4.78, 5) is 16.9. The first-order valence-corrected chi connectivity index (χ1v) is 10.6. The third kappa shape index (κ3) is 5.09. The zero-order chi connectivity index (χ0) is 21.6. The van der Waals surface area contributed by atoms with Gasteiger partial charge in [0.15, 0.2) is 5.76 Å². The van der Waals surface area contributed by atoms with Crippen molar-refractivity contribution in [1.82, 2.24) is 14.9 Å². The number of nitrogens with zero attached hydrogens (tertiary/aromatic N) is 2. The number of furan rings is 1. The van der Waals surface area contributed by atoms with Crippen molar-refractivity contribution in [3.8, 4) is 5.75 Å². The number of amides is 1. The first kappa shape index (κ1) is 21.0. The lowest BCUT2D eigenvalue weighted by atomic mass is 10.2. The van der Waals surface area contributed by atoms with Crippen molar-refractivity contribution >= 4 is 28.5 Å². The number of benzene rings is 2. The van der Waals surface area contributed by atoms with Crippen LogP contribution >= 0.6 is 11.6 Å². The van der Waals surface area contributed by atoms with E-state index in [0.29, 0.717) is 13.2 Å². The lowest BCUT2D eigenvalue weighted by Gasteiger charge is -2.11. The standard InChI is InChI=1S/C24H24ClN3O3/c1-17-15-18(10-11-19(17)25)30-13-5-4-12-28-21-8-3-2-7-20(21)27-23(28)16-26-24(29)22-9-6-14-31-22/h2-3,6-11,14-15H,4-5,12-13,16H2,1H3,(H,26,29). The van der Waals surface area contributed by atoms with Crippen LogP contribution in [-0.2, 0) is 13.1 Å². The van der Waals surface area contributed by atoms with Crippen LogP contribution in [-0.4, -0.2) is 22.1 Å². The van der Waals surface area contributed by atoms with Crippen LogP contribution in [0.1, 0.15) is 34.8 Å². The van der Waals surface area contributed by atoms with Crippen molar-refractivity contribution in [2.75, 3.05) is 6.61 Å². The molecule has 0 saturated heterocycles. The van der Waals surface area contributed by atoms with Crippen LogP contribution in [0, 0.1) is 6.92 Å². The number of halogens is 1. The highest BCUT2D eigenvalue weighted by atomic mass is 35.5. The number of rotatable bonds is 9. The zero-order valence-electron chi connectivity index (χ0n) is 17.3. The third-order valence-electron chi connectivity index (χ3n) is 5.06. The van der Waals surface area contributed by atoms with Gasteiger partial charge in [0.2, 0.25) is 0 Å². The van der Waals surface area contributed by atoms with Crippen molar-refractivity contribution in [3.05, 3.63) is 83.0 Å². The largest absolute Gasteiger partial charge is 0.494 e. The summed E-state index contributed by atoms with van der Waals surface area (Å²) in [5, 5.41) is 3.63. The molecule has 31 heavy (non-hydrogen) atoms. The van der Waals surface area contributed by atoms with Gasteiger partial charge in [-0.15, -0.1) is 0 Å². The van der Waals surface area contributed by atoms with E-state index >= 15 is 0 Å². The molecular weight excluding hydrogens is 414 g/mol. The van der Waals surface area contributed by atoms with Crippen molar-refractivity contribution in [2.24, 2.45) is 0 Å². The number of carbonyl (C=O) groups excluding carboxylic acids is 1. The molecule has 0 saturated carbocycles. The summed E-state index contributed by atoms with van der Waals surface area (Å²) in [6.07, 6.45) is 3.30. The number of imidazole rings is 1. The van der Waals surface area contributed by atoms with Gasteiger partial charge in [0.1, 0.15) is 11.6 Å². The summed E-state index contributed by atoms with van der Waals surface area (Å²) in [5.74, 6) is 1.68. The van der Waals surface area contributed by atoms with Crippen LogP contribution in [0.3, 0.4) is 0 Å². The van der Waals surface area contributed by atoms with E-state index in [1.165, 1.54) is 6.26 Å². The van der Waals surface area contributed by atoms with Crippen LogP contribution in [0.15, 0.2) is 65.3 Å². The number of aromatic nitrogens is 2. The summed E-state index contributed by atoms with van der Waals surface area (Å²) in [7, 11) is 0.